The van der Waals surface area contributed by atoms with Gasteiger partial charge in [0.2, 0.25) is 5.91 Å². The lowest BCUT2D eigenvalue weighted by Gasteiger charge is -2.55. The zero-order chi connectivity index (χ0) is 26.5. The Labute approximate surface area is 209 Å². The van der Waals surface area contributed by atoms with Crippen LogP contribution in [0.4, 0.5) is 23.2 Å². The Morgan fingerprint density at radius 3 is 2.41 bits per heavy atom. The van der Waals surface area contributed by atoms with Crippen molar-refractivity contribution < 1.29 is 41.8 Å². The van der Waals surface area contributed by atoms with Crippen LogP contribution < -0.4 is 9.64 Å². The average Bonchev–Trinajstić information content (AvgIpc) is 3.63. The number of rotatable bonds is 7. The molecule has 0 radical (unpaired) electrons. The Balaban J connectivity index is 1.52. The molecule has 2 aromatic rings. The number of aliphatic carboxylic acids is 1. The number of anilines is 1. The molecule has 1 heterocycles. The molecule has 1 aliphatic heterocycles. The van der Waals surface area contributed by atoms with Gasteiger partial charge < -0.3 is 19.6 Å². The van der Waals surface area contributed by atoms with Crippen LogP contribution in [0, 0.1) is 11.7 Å². The minimum absolute atomic E-state index is 0.0160. The minimum Gasteiger partial charge on any atom is -0.481 e. The molecule has 0 aromatic heterocycles. The topological polar surface area (TPSA) is 87.2 Å². The normalized spacial score (nSPS) is 22.4. The molecular formula is C26H24F4N2O5. The van der Waals surface area contributed by atoms with Crippen LogP contribution in [-0.2, 0) is 9.59 Å². The highest BCUT2D eigenvalue weighted by molar-refractivity contribution is 6.07. The number of hydrogen-bond donors (Lipinski definition) is 1. The maximum absolute atomic E-state index is 14.5. The van der Waals surface area contributed by atoms with Crippen molar-refractivity contribution in [2.75, 3.05) is 4.90 Å². The summed E-state index contributed by atoms with van der Waals surface area (Å²) in [5.41, 5.74) is 0.807. The molecule has 0 unspecified atom stereocenters. The van der Waals surface area contributed by atoms with Crippen molar-refractivity contribution in [2.24, 2.45) is 5.92 Å². The molecule has 7 nitrogen and oxygen atoms in total. The molecule has 3 aliphatic rings. The first-order valence-electron chi connectivity index (χ1n) is 12.1. The Morgan fingerprint density at radius 1 is 1.03 bits per heavy atom. The van der Waals surface area contributed by atoms with E-state index in [1.807, 2.05) is 0 Å². The van der Waals surface area contributed by atoms with Crippen LogP contribution in [0.15, 0.2) is 42.5 Å². The summed E-state index contributed by atoms with van der Waals surface area (Å²) in [4.78, 5) is 41.0. The summed E-state index contributed by atoms with van der Waals surface area (Å²) in [7, 11) is 0. The number of carbonyl (C=O) groups is 3. The van der Waals surface area contributed by atoms with Crippen molar-refractivity contribution in [1.29, 1.82) is 0 Å². The number of amides is 2. The van der Waals surface area contributed by atoms with Gasteiger partial charge in [0.15, 0.2) is 0 Å². The van der Waals surface area contributed by atoms with Gasteiger partial charge in [0.25, 0.3) is 5.91 Å². The number of carbonyl (C=O) groups excluding carboxylic acids is 2. The summed E-state index contributed by atoms with van der Waals surface area (Å²) in [6, 6.07) is 7.78. The first-order valence-corrected chi connectivity index (χ1v) is 12.1. The first-order chi connectivity index (χ1) is 17.5. The van der Waals surface area contributed by atoms with Crippen LogP contribution in [0.2, 0.25) is 0 Å². The summed E-state index contributed by atoms with van der Waals surface area (Å²) >= 11 is 0. The number of carboxylic acids is 1. The molecule has 2 aliphatic carbocycles. The second-order valence-corrected chi connectivity index (χ2v) is 9.63. The third kappa shape index (κ3) is 4.99. The molecule has 2 fully saturated rings. The highest BCUT2D eigenvalue weighted by Gasteiger charge is 2.53. The maximum atomic E-state index is 14.5. The third-order valence-electron chi connectivity index (χ3n) is 7.21. The molecule has 0 saturated heterocycles. The maximum Gasteiger partial charge on any atom is 0.573 e. The number of hydrogen-bond acceptors (Lipinski definition) is 4. The lowest BCUT2D eigenvalue weighted by atomic mass is 9.67. The van der Waals surface area contributed by atoms with E-state index in [4.69, 9.17) is 5.11 Å². The van der Waals surface area contributed by atoms with Crippen molar-refractivity contribution in [3.05, 3.63) is 59.4 Å². The smallest absolute Gasteiger partial charge is 0.481 e. The lowest BCUT2D eigenvalue weighted by Crippen LogP contribution is -2.59. The molecular weight excluding hydrogens is 496 g/mol. The van der Waals surface area contributed by atoms with E-state index < -0.39 is 35.8 Å². The van der Waals surface area contributed by atoms with Gasteiger partial charge in [-0.1, -0.05) is 6.07 Å². The highest BCUT2D eigenvalue weighted by Crippen LogP contribution is 2.54. The summed E-state index contributed by atoms with van der Waals surface area (Å²) in [6.45, 7) is 0. The van der Waals surface area contributed by atoms with E-state index in [0.29, 0.717) is 24.1 Å². The van der Waals surface area contributed by atoms with Gasteiger partial charge in [-0.25, -0.2) is 4.39 Å². The first kappa shape index (κ1) is 25.0. The van der Waals surface area contributed by atoms with Gasteiger partial charge in [-0.2, -0.15) is 0 Å². The molecule has 0 bridgehead atoms. The van der Waals surface area contributed by atoms with E-state index in [1.54, 1.807) is 4.90 Å². The van der Waals surface area contributed by atoms with Crippen LogP contribution in [0.1, 0.15) is 60.5 Å². The van der Waals surface area contributed by atoms with Crippen molar-refractivity contribution in [1.82, 2.24) is 4.90 Å². The fourth-order valence-corrected chi connectivity index (χ4v) is 5.45. The van der Waals surface area contributed by atoms with Crippen molar-refractivity contribution >= 4 is 23.5 Å². The summed E-state index contributed by atoms with van der Waals surface area (Å²) < 4.78 is 56.6. The Morgan fingerprint density at radius 2 is 1.78 bits per heavy atom. The van der Waals surface area contributed by atoms with E-state index in [1.165, 1.54) is 35.2 Å². The van der Waals surface area contributed by atoms with Crippen LogP contribution in [-0.4, -0.2) is 46.2 Å². The highest BCUT2D eigenvalue weighted by atomic mass is 19.4. The van der Waals surface area contributed by atoms with Gasteiger partial charge in [0.05, 0.1) is 12.5 Å². The van der Waals surface area contributed by atoms with Crippen molar-refractivity contribution in [3.8, 4) is 5.75 Å². The Kier molecular flexibility index (Phi) is 6.33. The third-order valence-corrected chi connectivity index (χ3v) is 7.21. The van der Waals surface area contributed by atoms with Gasteiger partial charge in [0, 0.05) is 41.2 Å². The van der Waals surface area contributed by atoms with Crippen LogP contribution in [0.5, 0.6) is 5.75 Å². The number of alkyl halides is 3. The number of benzene rings is 2. The number of fused-ring (bicyclic) bond motifs is 2. The molecule has 11 heteroatoms. The van der Waals surface area contributed by atoms with Gasteiger partial charge >= 0.3 is 12.3 Å². The second kappa shape index (κ2) is 9.35. The number of ether oxygens (including phenoxy) is 1. The molecule has 0 spiro atoms. The van der Waals surface area contributed by atoms with Gasteiger partial charge in [0.1, 0.15) is 11.6 Å². The summed E-state index contributed by atoms with van der Waals surface area (Å²) in [5.74, 6) is -3.27. The average molecular weight is 520 g/mol. The largest absolute Gasteiger partial charge is 0.573 e. The van der Waals surface area contributed by atoms with Gasteiger partial charge in [-0.05, 0) is 62.1 Å². The number of nitrogens with zero attached hydrogens (tertiary/aromatic N) is 2. The zero-order valence-electron chi connectivity index (χ0n) is 19.6. The fraction of sp³-hybridized carbons (Fsp3) is 0.423. The van der Waals surface area contributed by atoms with Crippen molar-refractivity contribution in [2.45, 2.75) is 63.0 Å². The second-order valence-electron chi connectivity index (χ2n) is 9.63. The van der Waals surface area contributed by atoms with Gasteiger partial charge in [-0.3, -0.25) is 14.4 Å². The minimum atomic E-state index is -4.91. The monoisotopic (exact) mass is 520 g/mol. The fourth-order valence-electron chi connectivity index (χ4n) is 5.45. The summed E-state index contributed by atoms with van der Waals surface area (Å²) in [6.07, 6.45) is -2.65. The van der Waals surface area contributed by atoms with E-state index >= 15 is 0 Å². The molecule has 1 N–H and O–H groups in total. The van der Waals surface area contributed by atoms with E-state index in [9.17, 15) is 31.9 Å². The molecule has 2 saturated carbocycles. The van der Waals surface area contributed by atoms with E-state index in [2.05, 4.69) is 4.74 Å². The molecule has 37 heavy (non-hydrogen) atoms. The van der Waals surface area contributed by atoms with E-state index in [-0.39, 0.29) is 42.3 Å². The molecule has 2 aromatic carbocycles. The van der Waals surface area contributed by atoms with Gasteiger partial charge in [-0.15, -0.1) is 13.2 Å². The number of carboxylic acid groups (broad SMARTS) is 1. The van der Waals surface area contributed by atoms with Crippen molar-refractivity contribution in [3.63, 3.8) is 0 Å². The molecule has 2 amide bonds. The molecule has 5 rings (SSSR count). The molecule has 196 valence electrons. The quantitative estimate of drug-likeness (QED) is 0.516. The van der Waals surface area contributed by atoms with E-state index in [0.717, 1.165) is 25.0 Å². The molecule has 3 atom stereocenters. The van der Waals surface area contributed by atoms with Crippen LogP contribution in [0.3, 0.4) is 0 Å². The lowest BCUT2D eigenvalue weighted by molar-refractivity contribution is -0.274. The Hall–Kier alpha value is -3.63. The number of halogens is 4. The standard InChI is InChI=1S/C26H24F4N2O5/c27-15-4-8-21-19(13-15)24(31(16-5-6-16)22(33)10-11-23(34)35)18-7-9-20(18)32(21)25(36)14-2-1-3-17(12-14)37-26(28,29)30/h1-4,8,12-13,16,18,20,24H,5-7,9-11H2,(H,34,35)/t18-,20+,24+/m0/s1. The summed E-state index contributed by atoms with van der Waals surface area (Å²) in [5, 5.41) is 9.06. The predicted octanol–water partition coefficient (Wildman–Crippen LogP) is 5.06. The van der Waals surface area contributed by atoms with Crippen LogP contribution >= 0.6 is 0 Å². The predicted molar refractivity (Wildman–Crippen MR) is 122 cm³/mol. The zero-order valence-corrected chi connectivity index (χ0v) is 19.6. The Bertz CT molecular complexity index is 1250. The SMILES string of the molecule is O=C(O)CCC(=O)N(C1CC1)[C@H]1c2cc(F)ccc2N(C(=O)c2cccc(OC(F)(F)F)c2)[C@@H]2CC[C@@H]21. The van der Waals surface area contributed by atoms with Crippen LogP contribution in [0.25, 0.3) is 0 Å².